The fourth-order valence-electron chi connectivity index (χ4n) is 4.99. The summed E-state index contributed by atoms with van der Waals surface area (Å²) in [5.41, 5.74) is 1.84. The third kappa shape index (κ3) is 5.83. The minimum atomic E-state index is -1.27. The van der Waals surface area contributed by atoms with Crippen LogP contribution in [0.1, 0.15) is 58.8 Å². The quantitative estimate of drug-likeness (QED) is 0.477. The van der Waals surface area contributed by atoms with Gasteiger partial charge < -0.3 is 15.4 Å². The molecule has 3 fully saturated rings. The van der Waals surface area contributed by atoms with Gasteiger partial charge in [0.1, 0.15) is 11.9 Å². The van der Waals surface area contributed by atoms with Crippen LogP contribution in [0.4, 0.5) is 4.39 Å². The van der Waals surface area contributed by atoms with Crippen LogP contribution >= 0.6 is 11.6 Å². The van der Waals surface area contributed by atoms with E-state index in [4.69, 9.17) is 21.2 Å². The molecule has 2 N–H and O–H groups in total. The molecule has 0 aromatic carbocycles. The van der Waals surface area contributed by atoms with E-state index in [2.05, 4.69) is 17.2 Å². The molecule has 1 saturated heterocycles. The monoisotopic (exact) mass is 495 g/mol. The van der Waals surface area contributed by atoms with Gasteiger partial charge >= 0.3 is 0 Å². The van der Waals surface area contributed by atoms with E-state index >= 15 is 0 Å². The molecule has 2 saturated carbocycles. The van der Waals surface area contributed by atoms with Gasteiger partial charge in [0.15, 0.2) is 6.61 Å². The summed E-state index contributed by atoms with van der Waals surface area (Å²) in [6.07, 6.45) is 6.00. The van der Waals surface area contributed by atoms with Crippen molar-refractivity contribution in [1.29, 1.82) is 0 Å². The molecule has 1 heterocycles. The number of allylic oxidation sites excluding steroid dienone is 3. The Morgan fingerprint density at radius 2 is 2.09 bits per heavy atom. The summed E-state index contributed by atoms with van der Waals surface area (Å²) in [5, 5.41) is 7.03. The van der Waals surface area contributed by atoms with Gasteiger partial charge in [0.05, 0.1) is 17.4 Å². The molecule has 9 heteroatoms. The standard InChI is InChI=1S/C25H35ClFN3O4/c1-14(9-10-28-25(32)20-11-15(2)34-30(16(20)3)18-7-8-18)29-22(31)13-33-21-12-17-5-4-6-19(21)24(27)23(17)26/h12,15-16,18,20,23-24H,1,4-11,13H2,2-3H3,(H,28,32)(H,29,31). The molecular formula is C25H35ClFN3O4. The first-order valence-corrected chi connectivity index (χ1v) is 12.7. The third-order valence-corrected chi connectivity index (χ3v) is 7.51. The zero-order valence-electron chi connectivity index (χ0n) is 19.9. The molecule has 5 atom stereocenters. The molecule has 34 heavy (non-hydrogen) atoms. The van der Waals surface area contributed by atoms with Crippen LogP contribution in [0.25, 0.3) is 0 Å². The van der Waals surface area contributed by atoms with Gasteiger partial charge in [-0.1, -0.05) is 6.58 Å². The number of halogens is 2. The highest BCUT2D eigenvalue weighted by atomic mass is 35.5. The first-order valence-electron chi connectivity index (χ1n) is 12.3. The maximum atomic E-state index is 14.5. The van der Waals surface area contributed by atoms with Gasteiger partial charge in [-0.25, -0.2) is 4.39 Å². The number of amides is 2. The lowest BCUT2D eigenvalue weighted by Gasteiger charge is -2.41. The van der Waals surface area contributed by atoms with Gasteiger partial charge in [0.2, 0.25) is 5.91 Å². The van der Waals surface area contributed by atoms with Crippen molar-refractivity contribution in [3.63, 3.8) is 0 Å². The van der Waals surface area contributed by atoms with Crippen molar-refractivity contribution in [2.24, 2.45) is 5.92 Å². The molecule has 0 aromatic rings. The summed E-state index contributed by atoms with van der Waals surface area (Å²) in [4.78, 5) is 31.0. The number of hydrogen-bond donors (Lipinski definition) is 2. The second-order valence-corrected chi connectivity index (χ2v) is 10.3. The Bertz CT molecular complexity index is 887. The van der Waals surface area contributed by atoms with Crippen LogP contribution in [-0.2, 0) is 19.2 Å². The van der Waals surface area contributed by atoms with Crippen LogP contribution in [0, 0.1) is 5.92 Å². The van der Waals surface area contributed by atoms with Crippen molar-refractivity contribution in [2.75, 3.05) is 13.2 Å². The zero-order valence-corrected chi connectivity index (χ0v) is 20.7. The summed E-state index contributed by atoms with van der Waals surface area (Å²) in [6, 6.07) is 0.463. The maximum Gasteiger partial charge on any atom is 0.262 e. The Morgan fingerprint density at radius 3 is 2.82 bits per heavy atom. The molecule has 5 rings (SSSR count). The van der Waals surface area contributed by atoms with E-state index in [1.807, 2.05) is 18.9 Å². The largest absolute Gasteiger partial charge is 0.484 e. The fraction of sp³-hybridized carbons (Fsp3) is 0.680. The van der Waals surface area contributed by atoms with E-state index in [1.165, 1.54) is 0 Å². The number of rotatable bonds is 9. The lowest BCUT2D eigenvalue weighted by atomic mass is 9.92. The number of ether oxygens (including phenoxy) is 1. The predicted molar refractivity (Wildman–Crippen MR) is 127 cm³/mol. The highest BCUT2D eigenvalue weighted by molar-refractivity contribution is 6.23. The number of nitrogens with one attached hydrogen (secondary N) is 2. The lowest BCUT2D eigenvalue weighted by molar-refractivity contribution is -0.259. The summed E-state index contributed by atoms with van der Waals surface area (Å²) in [7, 11) is 0. The molecule has 2 amide bonds. The normalized spacial score (nSPS) is 31.5. The van der Waals surface area contributed by atoms with Gasteiger partial charge in [-0.15, -0.1) is 11.6 Å². The third-order valence-electron chi connectivity index (χ3n) is 7.00. The Balaban J connectivity index is 1.18. The molecule has 5 aliphatic rings. The average molecular weight is 496 g/mol. The summed E-state index contributed by atoms with van der Waals surface area (Å²) in [6.45, 7) is 8.06. The predicted octanol–water partition coefficient (Wildman–Crippen LogP) is 3.66. The highest BCUT2D eigenvalue weighted by Gasteiger charge is 2.43. The van der Waals surface area contributed by atoms with Crippen LogP contribution in [-0.4, -0.2) is 59.8 Å². The highest BCUT2D eigenvalue weighted by Crippen LogP contribution is 2.40. The van der Waals surface area contributed by atoms with Crippen LogP contribution in [0.5, 0.6) is 0 Å². The number of hydrogen-bond acceptors (Lipinski definition) is 5. The van der Waals surface area contributed by atoms with Gasteiger partial charge in [0, 0.05) is 36.3 Å². The molecule has 7 nitrogen and oxygen atoms in total. The van der Waals surface area contributed by atoms with Gasteiger partial charge in [-0.05, 0) is 64.0 Å². The summed E-state index contributed by atoms with van der Waals surface area (Å²) < 4.78 is 20.1. The van der Waals surface area contributed by atoms with Crippen molar-refractivity contribution in [2.45, 2.75) is 88.5 Å². The molecule has 0 spiro atoms. The Morgan fingerprint density at radius 1 is 1.32 bits per heavy atom. The maximum absolute atomic E-state index is 14.5. The second-order valence-electron chi connectivity index (χ2n) is 9.84. The van der Waals surface area contributed by atoms with Crippen LogP contribution < -0.4 is 10.6 Å². The number of hydroxylamine groups is 2. The molecule has 0 aromatic heterocycles. The van der Waals surface area contributed by atoms with E-state index < -0.39 is 11.5 Å². The number of fused-ring (bicyclic) bond motifs is 4. The van der Waals surface area contributed by atoms with Crippen molar-refractivity contribution in [3.05, 3.63) is 35.3 Å². The molecule has 0 radical (unpaired) electrons. The Labute approximate surface area is 205 Å². The van der Waals surface area contributed by atoms with E-state index in [0.29, 0.717) is 48.9 Å². The number of carbonyl (C=O) groups is 2. The molecule has 2 bridgehead atoms. The van der Waals surface area contributed by atoms with E-state index in [9.17, 15) is 14.0 Å². The van der Waals surface area contributed by atoms with E-state index in [0.717, 1.165) is 31.3 Å². The van der Waals surface area contributed by atoms with E-state index in [1.54, 1.807) is 6.08 Å². The van der Waals surface area contributed by atoms with Gasteiger partial charge in [-0.3, -0.25) is 14.4 Å². The zero-order chi connectivity index (χ0) is 24.4. The first kappa shape index (κ1) is 25.2. The lowest BCUT2D eigenvalue weighted by Crippen LogP contribution is -2.52. The molecule has 4 aliphatic carbocycles. The minimum Gasteiger partial charge on any atom is -0.484 e. The Hall–Kier alpha value is -1.90. The smallest absolute Gasteiger partial charge is 0.262 e. The van der Waals surface area contributed by atoms with Crippen molar-refractivity contribution in [1.82, 2.24) is 15.7 Å². The topological polar surface area (TPSA) is 79.9 Å². The number of carbonyl (C=O) groups excluding carboxylic acids is 2. The van der Waals surface area contributed by atoms with Gasteiger partial charge in [-0.2, -0.15) is 5.06 Å². The number of alkyl halides is 2. The van der Waals surface area contributed by atoms with Crippen LogP contribution in [0.3, 0.4) is 0 Å². The van der Waals surface area contributed by atoms with Crippen LogP contribution in [0.15, 0.2) is 35.3 Å². The fourth-order valence-corrected chi connectivity index (χ4v) is 5.31. The molecule has 188 valence electrons. The van der Waals surface area contributed by atoms with Crippen molar-refractivity contribution < 1.29 is 23.6 Å². The van der Waals surface area contributed by atoms with E-state index in [-0.39, 0.29) is 36.5 Å². The minimum absolute atomic E-state index is 0.000916. The van der Waals surface area contributed by atoms with Gasteiger partial charge in [0.25, 0.3) is 5.91 Å². The number of nitrogens with zero attached hydrogens (tertiary/aromatic N) is 1. The van der Waals surface area contributed by atoms with Crippen molar-refractivity contribution >= 4 is 23.4 Å². The van der Waals surface area contributed by atoms with Crippen LogP contribution in [0.2, 0.25) is 0 Å². The first-order chi connectivity index (χ1) is 16.2. The molecule has 5 unspecified atom stereocenters. The summed E-state index contributed by atoms with van der Waals surface area (Å²) in [5.74, 6) is -0.0807. The summed E-state index contributed by atoms with van der Waals surface area (Å²) >= 11 is 6.16. The SMILES string of the molecule is C=C(CCNC(=O)C1CC(C)ON(C2CC2)C1C)NC(=O)COC1=C2CCCC(=C1)C(Cl)C2F. The average Bonchev–Trinajstić information content (AvgIpc) is 3.65. The Kier molecular flexibility index (Phi) is 8.00. The molecular weight excluding hydrogens is 461 g/mol. The second kappa shape index (κ2) is 10.8. The molecule has 1 aliphatic heterocycles. The van der Waals surface area contributed by atoms with Crippen molar-refractivity contribution in [3.8, 4) is 0 Å².